The molecule has 0 bridgehead atoms. The van der Waals surface area contributed by atoms with Crippen LogP contribution in [0.5, 0.6) is 0 Å². The Kier molecular flexibility index (Phi) is 3.71. The van der Waals surface area contributed by atoms with E-state index >= 15 is 0 Å². The molecular weight excluding hydrogens is 189 g/mol. The molecule has 1 heterocycles. The van der Waals surface area contributed by atoms with Crippen LogP contribution in [0.15, 0.2) is 34.8 Å². The molecular formula is C12H18NP. The van der Waals surface area contributed by atoms with Crippen LogP contribution in [0.25, 0.3) is 6.08 Å². The Morgan fingerprint density at radius 1 is 1.07 bits per heavy atom. The molecule has 2 heteroatoms. The summed E-state index contributed by atoms with van der Waals surface area (Å²) in [5.74, 6) is 2.25. The number of rotatable bonds is 0. The summed E-state index contributed by atoms with van der Waals surface area (Å²) < 4.78 is 4.70. The number of benzene rings is 1. The number of fused-ring (bicyclic) bond motifs is 1. The lowest BCUT2D eigenvalue weighted by Gasteiger charge is -2.14. The number of hydrogen-bond donors (Lipinski definition) is 0. The molecule has 0 fully saturated rings. The monoisotopic (exact) mass is 207 g/mol. The topological polar surface area (TPSA) is 12.4 Å². The summed E-state index contributed by atoms with van der Waals surface area (Å²) in [4.78, 5) is 0. The van der Waals surface area contributed by atoms with Crippen molar-refractivity contribution >= 4 is 18.8 Å². The maximum atomic E-state index is 4.70. The zero-order valence-corrected chi connectivity index (χ0v) is 10.3. The smallest absolute Gasteiger partial charge is 0.0689 e. The maximum Gasteiger partial charge on any atom is 0.0689 e. The summed E-state index contributed by atoms with van der Waals surface area (Å²) in [7, 11) is -1.12. The van der Waals surface area contributed by atoms with Crippen molar-refractivity contribution in [1.29, 1.82) is 0 Å². The fourth-order valence-electron chi connectivity index (χ4n) is 1.29. The molecule has 1 aliphatic rings. The third-order valence-electron chi connectivity index (χ3n) is 1.92. The first-order valence-electron chi connectivity index (χ1n) is 5.03. The van der Waals surface area contributed by atoms with Crippen molar-refractivity contribution in [3.05, 3.63) is 35.6 Å². The highest BCUT2D eigenvalue weighted by molar-refractivity contribution is 7.68. The molecule has 0 spiro atoms. The fourth-order valence-corrected chi connectivity index (χ4v) is 2.62. The molecule has 0 atom stereocenters. The Balaban J connectivity index is 0.000000461. The second-order valence-corrected chi connectivity index (χ2v) is 6.91. The minimum atomic E-state index is -1.12. The van der Waals surface area contributed by atoms with Gasteiger partial charge < -0.3 is 0 Å². The molecule has 0 aromatic heterocycles. The van der Waals surface area contributed by atoms with Gasteiger partial charge in [-0.3, -0.25) is 4.74 Å². The average molecular weight is 207 g/mol. The normalized spacial score (nSPS) is 16.0. The molecule has 0 unspecified atom stereocenters. The number of nitrogens with zero attached hydrogens (tertiary/aromatic N) is 1. The van der Waals surface area contributed by atoms with Gasteiger partial charge in [-0.05, 0) is 32.3 Å². The molecule has 0 saturated carbocycles. The molecule has 0 saturated heterocycles. The van der Waals surface area contributed by atoms with Crippen LogP contribution in [0, 0.1) is 0 Å². The van der Waals surface area contributed by atoms with E-state index < -0.39 is 7.05 Å². The average Bonchev–Trinajstić information content (AvgIpc) is 2.19. The summed E-state index contributed by atoms with van der Waals surface area (Å²) in [5.41, 5.74) is 2.40. The second-order valence-electron chi connectivity index (χ2n) is 3.45. The highest BCUT2D eigenvalue weighted by atomic mass is 31.2. The van der Waals surface area contributed by atoms with Crippen LogP contribution >= 0.6 is 7.05 Å². The Bertz CT molecular complexity index is 385. The molecule has 0 N–H and O–H groups in total. The van der Waals surface area contributed by atoms with Crippen LogP contribution < -0.4 is 0 Å². The van der Waals surface area contributed by atoms with Gasteiger partial charge in [-0.2, -0.15) is 0 Å². The van der Waals surface area contributed by atoms with Crippen LogP contribution in [-0.4, -0.2) is 13.3 Å². The van der Waals surface area contributed by atoms with E-state index in [4.69, 9.17) is 4.74 Å². The summed E-state index contributed by atoms with van der Waals surface area (Å²) in [5, 5.41) is 0. The van der Waals surface area contributed by atoms with Crippen molar-refractivity contribution in [2.24, 2.45) is 4.74 Å². The van der Waals surface area contributed by atoms with E-state index in [1.54, 1.807) is 0 Å². The molecule has 0 radical (unpaired) electrons. The Hall–Kier alpha value is -0.810. The molecule has 1 aliphatic heterocycles. The summed E-state index contributed by atoms with van der Waals surface area (Å²) >= 11 is 0. The fraction of sp³-hybridized carbons (Fsp3) is 0.333. The first kappa shape index (κ1) is 11.3. The van der Waals surface area contributed by atoms with Gasteiger partial charge in [0, 0.05) is 5.56 Å². The SMILES string of the molecule is CC.CP1(C)=Nc2ccccc2C=C1. The lowest BCUT2D eigenvalue weighted by Crippen LogP contribution is -1.80. The van der Waals surface area contributed by atoms with E-state index in [0.29, 0.717) is 0 Å². The van der Waals surface area contributed by atoms with Gasteiger partial charge in [-0.15, -0.1) is 0 Å². The Morgan fingerprint density at radius 3 is 2.43 bits per heavy atom. The lowest BCUT2D eigenvalue weighted by molar-refractivity contribution is 1.50. The van der Waals surface area contributed by atoms with Gasteiger partial charge >= 0.3 is 0 Å². The third kappa shape index (κ3) is 2.59. The molecule has 2 rings (SSSR count). The van der Waals surface area contributed by atoms with E-state index in [1.807, 2.05) is 19.9 Å². The standard InChI is InChI=1S/C10H12NP.C2H6/c1-12(2)8-7-9-5-3-4-6-10(9)11-12;1-2/h3-8H,1-2H3;1-2H3. The first-order chi connectivity index (χ1) is 6.67. The van der Waals surface area contributed by atoms with Crippen molar-refractivity contribution in [1.82, 2.24) is 0 Å². The lowest BCUT2D eigenvalue weighted by atomic mass is 10.2. The van der Waals surface area contributed by atoms with Gasteiger partial charge in [0.2, 0.25) is 0 Å². The van der Waals surface area contributed by atoms with Crippen molar-refractivity contribution in [2.45, 2.75) is 13.8 Å². The molecule has 1 aromatic rings. The van der Waals surface area contributed by atoms with Gasteiger partial charge in [0.25, 0.3) is 0 Å². The molecule has 14 heavy (non-hydrogen) atoms. The minimum Gasteiger partial charge on any atom is -0.263 e. The number of hydrogen-bond acceptors (Lipinski definition) is 1. The molecule has 76 valence electrons. The predicted octanol–water partition coefficient (Wildman–Crippen LogP) is 4.79. The van der Waals surface area contributed by atoms with E-state index in [1.165, 1.54) is 5.56 Å². The minimum absolute atomic E-state index is 1.12. The van der Waals surface area contributed by atoms with E-state index in [-0.39, 0.29) is 0 Å². The quantitative estimate of drug-likeness (QED) is 0.542. The summed E-state index contributed by atoms with van der Waals surface area (Å²) in [6.07, 6.45) is 2.19. The van der Waals surface area contributed by atoms with E-state index in [0.717, 1.165) is 5.69 Å². The highest BCUT2D eigenvalue weighted by Crippen LogP contribution is 2.50. The van der Waals surface area contributed by atoms with E-state index in [2.05, 4.69) is 43.4 Å². The van der Waals surface area contributed by atoms with Gasteiger partial charge in [-0.25, -0.2) is 0 Å². The Morgan fingerprint density at radius 2 is 1.71 bits per heavy atom. The molecule has 1 aromatic carbocycles. The van der Waals surface area contributed by atoms with Crippen molar-refractivity contribution in [3.8, 4) is 0 Å². The maximum absolute atomic E-state index is 4.70. The Labute approximate surface area is 86.9 Å². The van der Waals surface area contributed by atoms with Crippen molar-refractivity contribution < 1.29 is 0 Å². The second kappa shape index (κ2) is 4.61. The first-order valence-corrected chi connectivity index (χ1v) is 7.73. The van der Waals surface area contributed by atoms with Crippen LogP contribution in [-0.2, 0) is 0 Å². The summed E-state index contributed by atoms with van der Waals surface area (Å²) in [6, 6.07) is 8.28. The van der Waals surface area contributed by atoms with Crippen molar-refractivity contribution in [2.75, 3.05) is 13.3 Å². The molecule has 0 aliphatic carbocycles. The van der Waals surface area contributed by atoms with E-state index in [9.17, 15) is 0 Å². The van der Waals surface area contributed by atoms with Gasteiger partial charge in [0.15, 0.2) is 0 Å². The van der Waals surface area contributed by atoms with Crippen LogP contribution in [0.4, 0.5) is 5.69 Å². The van der Waals surface area contributed by atoms with Gasteiger partial charge in [0.1, 0.15) is 0 Å². The van der Waals surface area contributed by atoms with Crippen LogP contribution in [0.1, 0.15) is 19.4 Å². The largest absolute Gasteiger partial charge is 0.263 e. The van der Waals surface area contributed by atoms with Crippen LogP contribution in [0.2, 0.25) is 0 Å². The highest BCUT2D eigenvalue weighted by Gasteiger charge is 2.07. The van der Waals surface area contributed by atoms with Crippen LogP contribution in [0.3, 0.4) is 0 Å². The molecule has 1 nitrogen and oxygen atoms in total. The molecule has 0 amide bonds. The zero-order valence-electron chi connectivity index (χ0n) is 9.36. The summed E-state index contributed by atoms with van der Waals surface area (Å²) in [6.45, 7) is 8.44. The van der Waals surface area contributed by atoms with Crippen molar-refractivity contribution in [3.63, 3.8) is 0 Å². The third-order valence-corrected chi connectivity index (χ3v) is 3.53. The van der Waals surface area contributed by atoms with Gasteiger partial charge in [0.05, 0.1) is 5.69 Å². The zero-order chi connectivity index (χ0) is 10.6. The predicted molar refractivity (Wildman–Crippen MR) is 67.7 cm³/mol. The van der Waals surface area contributed by atoms with Gasteiger partial charge in [-0.1, -0.05) is 38.1 Å².